The predicted molar refractivity (Wildman–Crippen MR) is 107 cm³/mol. The Morgan fingerprint density at radius 1 is 1.21 bits per heavy atom. The lowest BCUT2D eigenvalue weighted by Crippen LogP contribution is -2.14. The molecule has 0 radical (unpaired) electrons. The average molecular weight is 387 g/mol. The van der Waals surface area contributed by atoms with Gasteiger partial charge in [0.1, 0.15) is 11.4 Å². The number of benzene rings is 1. The molecule has 0 atom stereocenters. The number of esters is 1. The van der Waals surface area contributed by atoms with Crippen LogP contribution in [0.2, 0.25) is 0 Å². The van der Waals surface area contributed by atoms with Crippen molar-refractivity contribution in [3.63, 3.8) is 0 Å². The Kier molecular flexibility index (Phi) is 4.98. The van der Waals surface area contributed by atoms with E-state index in [1.807, 2.05) is 30.3 Å². The second-order valence-corrected chi connectivity index (χ2v) is 6.13. The number of H-pyrrole nitrogens is 1. The monoisotopic (exact) mass is 387 g/mol. The Balaban J connectivity index is 1.84. The molecule has 2 N–H and O–H groups in total. The van der Waals surface area contributed by atoms with Crippen LogP contribution in [0.25, 0.3) is 17.2 Å². The molecule has 29 heavy (non-hydrogen) atoms. The van der Waals surface area contributed by atoms with Crippen molar-refractivity contribution >= 4 is 23.7 Å². The van der Waals surface area contributed by atoms with E-state index < -0.39 is 5.97 Å². The van der Waals surface area contributed by atoms with E-state index in [1.54, 1.807) is 25.4 Å². The molecule has 0 saturated carbocycles. The van der Waals surface area contributed by atoms with Gasteiger partial charge >= 0.3 is 5.97 Å². The zero-order valence-corrected chi connectivity index (χ0v) is 15.5. The number of hydrogen-bond donors (Lipinski definition) is 2. The van der Waals surface area contributed by atoms with Gasteiger partial charge in [-0.05, 0) is 18.6 Å². The van der Waals surface area contributed by atoms with E-state index in [0.29, 0.717) is 33.8 Å². The highest BCUT2D eigenvalue weighted by molar-refractivity contribution is 6.32. The smallest absolute Gasteiger partial charge is 0.340 e. The molecule has 0 aliphatic carbocycles. The summed E-state index contributed by atoms with van der Waals surface area (Å²) in [5.41, 5.74) is 6.07. The molecular formula is C21H17N5O3. The maximum atomic E-state index is 12.5. The average Bonchev–Trinajstić information content (AvgIpc) is 3.34. The Morgan fingerprint density at radius 2 is 2.03 bits per heavy atom. The van der Waals surface area contributed by atoms with Crippen molar-refractivity contribution in [2.75, 3.05) is 6.61 Å². The van der Waals surface area contributed by atoms with Gasteiger partial charge in [0.15, 0.2) is 0 Å². The largest absolute Gasteiger partial charge is 0.462 e. The highest BCUT2D eigenvalue weighted by Gasteiger charge is 2.27. The van der Waals surface area contributed by atoms with E-state index in [0.717, 1.165) is 5.56 Å². The van der Waals surface area contributed by atoms with Crippen LogP contribution in [-0.4, -0.2) is 39.1 Å². The Hall–Kier alpha value is -4.07. The summed E-state index contributed by atoms with van der Waals surface area (Å²) in [4.78, 5) is 36.2. The summed E-state index contributed by atoms with van der Waals surface area (Å²) >= 11 is 0. The topological polar surface area (TPSA) is 109 Å². The number of carbonyl (C=O) groups is 2. The minimum Gasteiger partial charge on any atom is -0.462 e. The van der Waals surface area contributed by atoms with Crippen molar-refractivity contribution in [3.8, 4) is 11.1 Å². The Bertz CT molecular complexity index is 1120. The molecule has 1 aliphatic heterocycles. The maximum Gasteiger partial charge on any atom is 0.340 e. The highest BCUT2D eigenvalue weighted by Crippen LogP contribution is 2.30. The number of carbonyl (C=O) groups excluding carboxylic acids is 2. The number of ether oxygens (including phenoxy) is 1. The molecule has 8 heteroatoms. The Labute approximate surface area is 166 Å². The van der Waals surface area contributed by atoms with E-state index in [4.69, 9.17) is 4.74 Å². The predicted octanol–water partition coefficient (Wildman–Crippen LogP) is 2.57. The van der Waals surface area contributed by atoms with Crippen LogP contribution in [0.3, 0.4) is 0 Å². The number of nitrogens with one attached hydrogen (secondary N) is 2. The van der Waals surface area contributed by atoms with Gasteiger partial charge in [-0.3, -0.25) is 14.8 Å². The maximum absolute atomic E-state index is 12.5. The fourth-order valence-corrected chi connectivity index (χ4v) is 3.07. The summed E-state index contributed by atoms with van der Waals surface area (Å²) in [5.74, 6) is -0.803. The van der Waals surface area contributed by atoms with Gasteiger partial charge in [0.25, 0.3) is 5.91 Å². The summed E-state index contributed by atoms with van der Waals surface area (Å²) in [6, 6.07) is 9.42. The van der Waals surface area contributed by atoms with Crippen LogP contribution in [0, 0.1) is 0 Å². The number of hydrogen-bond acceptors (Lipinski definition) is 6. The van der Waals surface area contributed by atoms with Crippen LogP contribution < -0.4 is 5.43 Å². The summed E-state index contributed by atoms with van der Waals surface area (Å²) in [5, 5.41) is 4.08. The zero-order valence-electron chi connectivity index (χ0n) is 15.5. The number of rotatable bonds is 5. The van der Waals surface area contributed by atoms with E-state index in [-0.39, 0.29) is 12.5 Å². The standard InChI is InChI=1S/C21H17N5O3/c1-2-29-21(28)15-11-24-16(18(15)13-6-4-3-5-7-13)10-14-19(25-26-20(14)27)17-12-22-8-9-23-17/h3-12,24H,2H2,1H3,(H,26,27). The third-order valence-electron chi connectivity index (χ3n) is 4.33. The fourth-order valence-electron chi connectivity index (χ4n) is 3.07. The molecule has 3 heterocycles. The van der Waals surface area contributed by atoms with Gasteiger partial charge < -0.3 is 9.72 Å². The van der Waals surface area contributed by atoms with Crippen LogP contribution in [0.4, 0.5) is 0 Å². The van der Waals surface area contributed by atoms with Gasteiger partial charge in [0.2, 0.25) is 0 Å². The van der Waals surface area contributed by atoms with Crippen molar-refractivity contribution in [2.24, 2.45) is 5.10 Å². The molecule has 1 aromatic carbocycles. The molecule has 0 fully saturated rings. The Morgan fingerprint density at radius 3 is 2.76 bits per heavy atom. The fraction of sp³-hybridized carbons (Fsp3) is 0.0952. The third kappa shape index (κ3) is 3.55. The van der Waals surface area contributed by atoms with E-state index in [2.05, 4.69) is 25.5 Å². The summed E-state index contributed by atoms with van der Waals surface area (Å²) in [6.07, 6.45) is 7.84. The number of amides is 1. The third-order valence-corrected chi connectivity index (χ3v) is 4.33. The molecule has 0 bridgehead atoms. The van der Waals surface area contributed by atoms with Gasteiger partial charge in [-0.1, -0.05) is 30.3 Å². The first-order valence-electron chi connectivity index (χ1n) is 8.99. The quantitative estimate of drug-likeness (QED) is 0.517. The van der Waals surface area contributed by atoms with Gasteiger partial charge in [0.05, 0.1) is 23.9 Å². The SMILES string of the molecule is CCOC(=O)c1c[nH]c(C=C2C(=O)NN=C2c2cnccn2)c1-c1ccccc1. The van der Waals surface area contributed by atoms with Crippen molar-refractivity contribution in [1.82, 2.24) is 20.4 Å². The van der Waals surface area contributed by atoms with Gasteiger partial charge in [-0.2, -0.15) is 5.10 Å². The van der Waals surface area contributed by atoms with Gasteiger partial charge in [-0.15, -0.1) is 0 Å². The molecule has 0 unspecified atom stereocenters. The molecule has 2 aromatic heterocycles. The molecule has 1 aliphatic rings. The van der Waals surface area contributed by atoms with Crippen molar-refractivity contribution in [2.45, 2.75) is 6.92 Å². The molecular weight excluding hydrogens is 370 g/mol. The first-order chi connectivity index (χ1) is 14.2. The molecule has 144 valence electrons. The number of aromatic amines is 1. The number of aromatic nitrogens is 3. The zero-order chi connectivity index (χ0) is 20.2. The second-order valence-electron chi connectivity index (χ2n) is 6.13. The highest BCUT2D eigenvalue weighted by atomic mass is 16.5. The van der Waals surface area contributed by atoms with Crippen molar-refractivity contribution in [1.29, 1.82) is 0 Å². The summed E-state index contributed by atoms with van der Waals surface area (Å²) < 4.78 is 5.18. The second kappa shape index (κ2) is 7.89. The van der Waals surface area contributed by atoms with E-state index in [1.165, 1.54) is 12.4 Å². The molecule has 0 saturated heterocycles. The van der Waals surface area contributed by atoms with Crippen LogP contribution in [0.15, 0.2) is 65.8 Å². The lowest BCUT2D eigenvalue weighted by Gasteiger charge is -2.07. The van der Waals surface area contributed by atoms with Crippen molar-refractivity contribution < 1.29 is 14.3 Å². The van der Waals surface area contributed by atoms with Crippen molar-refractivity contribution in [3.05, 3.63) is 77.6 Å². The van der Waals surface area contributed by atoms with E-state index in [9.17, 15) is 9.59 Å². The first-order valence-corrected chi connectivity index (χ1v) is 8.99. The molecule has 4 rings (SSSR count). The molecule has 1 amide bonds. The summed E-state index contributed by atoms with van der Waals surface area (Å²) in [7, 11) is 0. The normalized spacial score (nSPS) is 14.6. The molecule has 8 nitrogen and oxygen atoms in total. The van der Waals surface area contributed by atoms with Crippen LogP contribution in [0.1, 0.15) is 28.7 Å². The minimum atomic E-state index is -0.439. The van der Waals surface area contributed by atoms with Gasteiger partial charge in [-0.25, -0.2) is 10.2 Å². The number of nitrogens with zero attached hydrogens (tertiary/aromatic N) is 3. The van der Waals surface area contributed by atoms with E-state index >= 15 is 0 Å². The van der Waals surface area contributed by atoms with Crippen LogP contribution in [-0.2, 0) is 9.53 Å². The summed E-state index contributed by atoms with van der Waals surface area (Å²) in [6.45, 7) is 2.02. The van der Waals surface area contributed by atoms with Crippen LogP contribution >= 0.6 is 0 Å². The molecule has 0 spiro atoms. The van der Waals surface area contributed by atoms with Gasteiger partial charge in [0, 0.05) is 29.8 Å². The number of hydrazone groups is 1. The minimum absolute atomic E-state index is 0.264. The lowest BCUT2D eigenvalue weighted by molar-refractivity contribution is -0.116. The lowest BCUT2D eigenvalue weighted by atomic mass is 9.99. The van der Waals surface area contributed by atoms with Crippen LogP contribution in [0.5, 0.6) is 0 Å². The molecule has 3 aromatic rings. The first kappa shape index (κ1) is 18.3.